The molecule has 0 spiro atoms. The van der Waals surface area contributed by atoms with Crippen LogP contribution in [0.5, 0.6) is 0 Å². The molecule has 0 bridgehead atoms. The molecular formula is C14H15N3O2. The van der Waals surface area contributed by atoms with Gasteiger partial charge in [-0.2, -0.15) is 0 Å². The standard InChI is InChI=1S/C14H15N3O2/c18-13(19)9-17-12-7-2-1-5-10(12)16-14(17)11-6-3-4-8-15-11/h3-4,6,8H,1-2,5,7,9H2,(H,18,19). The summed E-state index contributed by atoms with van der Waals surface area (Å²) in [6.07, 6.45) is 5.76. The molecule has 0 fully saturated rings. The maximum absolute atomic E-state index is 11.1. The predicted molar refractivity (Wildman–Crippen MR) is 69.7 cm³/mol. The van der Waals surface area contributed by atoms with E-state index in [9.17, 15) is 4.79 Å². The Morgan fingerprint density at radius 1 is 1.32 bits per heavy atom. The fourth-order valence-electron chi connectivity index (χ4n) is 2.60. The van der Waals surface area contributed by atoms with Gasteiger partial charge < -0.3 is 9.67 Å². The van der Waals surface area contributed by atoms with Crippen LogP contribution < -0.4 is 0 Å². The summed E-state index contributed by atoms with van der Waals surface area (Å²) in [5.41, 5.74) is 2.83. The van der Waals surface area contributed by atoms with Crippen molar-refractivity contribution in [3.05, 3.63) is 35.8 Å². The Morgan fingerprint density at radius 2 is 2.16 bits per heavy atom. The largest absolute Gasteiger partial charge is 0.480 e. The lowest BCUT2D eigenvalue weighted by molar-refractivity contribution is -0.137. The first-order valence-corrected chi connectivity index (χ1v) is 6.47. The van der Waals surface area contributed by atoms with Crippen LogP contribution in [0.25, 0.3) is 11.5 Å². The molecule has 0 aromatic carbocycles. The number of hydrogen-bond acceptors (Lipinski definition) is 3. The quantitative estimate of drug-likeness (QED) is 0.912. The number of carboxylic acids is 1. The van der Waals surface area contributed by atoms with Crippen molar-refractivity contribution in [2.45, 2.75) is 32.2 Å². The first-order chi connectivity index (χ1) is 9.25. The van der Waals surface area contributed by atoms with E-state index in [4.69, 9.17) is 5.11 Å². The van der Waals surface area contributed by atoms with Gasteiger partial charge >= 0.3 is 5.97 Å². The molecule has 1 N–H and O–H groups in total. The summed E-state index contributed by atoms with van der Waals surface area (Å²) in [5.74, 6) is -0.169. The monoisotopic (exact) mass is 257 g/mol. The molecule has 98 valence electrons. The van der Waals surface area contributed by atoms with Gasteiger partial charge in [-0.1, -0.05) is 6.07 Å². The summed E-state index contributed by atoms with van der Waals surface area (Å²) < 4.78 is 1.80. The molecule has 0 saturated carbocycles. The highest BCUT2D eigenvalue weighted by atomic mass is 16.4. The highest BCUT2D eigenvalue weighted by molar-refractivity contribution is 5.68. The van der Waals surface area contributed by atoms with Crippen molar-refractivity contribution in [2.24, 2.45) is 0 Å². The Balaban J connectivity index is 2.12. The number of carbonyl (C=O) groups is 1. The van der Waals surface area contributed by atoms with Crippen LogP contribution in [0.3, 0.4) is 0 Å². The number of aliphatic carboxylic acids is 1. The number of imidazole rings is 1. The fraction of sp³-hybridized carbons (Fsp3) is 0.357. The molecule has 2 aromatic heterocycles. The Hall–Kier alpha value is -2.17. The zero-order valence-electron chi connectivity index (χ0n) is 10.5. The zero-order valence-corrected chi connectivity index (χ0v) is 10.5. The van der Waals surface area contributed by atoms with Crippen molar-refractivity contribution >= 4 is 5.97 Å². The van der Waals surface area contributed by atoms with Gasteiger partial charge in [-0.15, -0.1) is 0 Å². The average Bonchev–Trinajstić information content (AvgIpc) is 2.78. The minimum atomic E-state index is -0.844. The van der Waals surface area contributed by atoms with Crippen LogP contribution in [0.15, 0.2) is 24.4 Å². The highest BCUT2D eigenvalue weighted by Crippen LogP contribution is 2.26. The van der Waals surface area contributed by atoms with Crippen LogP contribution in [0.2, 0.25) is 0 Å². The van der Waals surface area contributed by atoms with E-state index in [1.807, 2.05) is 18.2 Å². The molecule has 0 radical (unpaired) electrons. The molecule has 3 rings (SSSR count). The minimum Gasteiger partial charge on any atom is -0.480 e. The Kier molecular flexibility index (Phi) is 3.03. The number of nitrogens with zero attached hydrogens (tertiary/aromatic N) is 3. The minimum absolute atomic E-state index is 0.0474. The van der Waals surface area contributed by atoms with E-state index in [1.54, 1.807) is 10.8 Å². The number of fused-ring (bicyclic) bond motifs is 1. The van der Waals surface area contributed by atoms with Gasteiger partial charge in [-0.25, -0.2) is 4.98 Å². The van der Waals surface area contributed by atoms with Gasteiger partial charge in [0.1, 0.15) is 12.2 Å². The molecule has 19 heavy (non-hydrogen) atoms. The maximum atomic E-state index is 11.1. The first-order valence-electron chi connectivity index (χ1n) is 6.47. The Bertz CT molecular complexity index is 605. The summed E-state index contributed by atoms with van der Waals surface area (Å²) >= 11 is 0. The SMILES string of the molecule is O=C(O)Cn1c(-c2ccccn2)nc2c1CCCC2. The van der Waals surface area contributed by atoms with Crippen LogP contribution in [0.4, 0.5) is 0 Å². The van der Waals surface area contributed by atoms with Crippen molar-refractivity contribution < 1.29 is 9.90 Å². The van der Waals surface area contributed by atoms with Crippen LogP contribution in [0, 0.1) is 0 Å². The molecule has 0 atom stereocenters. The summed E-state index contributed by atoms with van der Waals surface area (Å²) in [6.45, 7) is -0.0474. The van der Waals surface area contributed by atoms with Crippen LogP contribution >= 0.6 is 0 Å². The number of pyridine rings is 1. The number of aromatic nitrogens is 3. The first kappa shape index (κ1) is 11.9. The van der Waals surface area contributed by atoms with Gasteiger partial charge in [0.15, 0.2) is 5.82 Å². The number of carboxylic acid groups (broad SMARTS) is 1. The van der Waals surface area contributed by atoms with Gasteiger partial charge in [0.05, 0.1) is 5.69 Å². The van der Waals surface area contributed by atoms with E-state index in [2.05, 4.69) is 9.97 Å². The number of rotatable bonds is 3. The molecule has 2 aromatic rings. The molecule has 1 aliphatic carbocycles. The summed E-state index contributed by atoms with van der Waals surface area (Å²) in [4.78, 5) is 20.0. The molecule has 1 aliphatic rings. The Labute approximate surface area is 110 Å². The van der Waals surface area contributed by atoms with Crippen LogP contribution in [0.1, 0.15) is 24.2 Å². The van der Waals surface area contributed by atoms with Crippen molar-refractivity contribution in [1.82, 2.24) is 14.5 Å². The van der Waals surface area contributed by atoms with E-state index >= 15 is 0 Å². The van der Waals surface area contributed by atoms with E-state index < -0.39 is 5.97 Å². The number of aryl methyl sites for hydroxylation is 1. The lowest BCUT2D eigenvalue weighted by Crippen LogP contribution is -2.15. The summed E-state index contributed by atoms with van der Waals surface area (Å²) in [6, 6.07) is 5.60. The third-order valence-corrected chi connectivity index (χ3v) is 3.42. The fourth-order valence-corrected chi connectivity index (χ4v) is 2.60. The molecule has 0 amide bonds. The topological polar surface area (TPSA) is 68.0 Å². The average molecular weight is 257 g/mol. The van der Waals surface area contributed by atoms with E-state index in [-0.39, 0.29) is 6.54 Å². The van der Waals surface area contributed by atoms with Crippen LogP contribution in [-0.2, 0) is 24.2 Å². The third-order valence-electron chi connectivity index (χ3n) is 3.42. The van der Waals surface area contributed by atoms with E-state index in [0.29, 0.717) is 5.82 Å². The molecule has 0 unspecified atom stereocenters. The van der Waals surface area contributed by atoms with Crippen LogP contribution in [-0.4, -0.2) is 25.6 Å². The second-order valence-electron chi connectivity index (χ2n) is 4.73. The van der Waals surface area contributed by atoms with Crippen molar-refractivity contribution in [2.75, 3.05) is 0 Å². The molecule has 5 nitrogen and oxygen atoms in total. The summed E-state index contributed by atoms with van der Waals surface area (Å²) in [7, 11) is 0. The van der Waals surface area contributed by atoms with E-state index in [1.165, 1.54) is 0 Å². The molecule has 0 saturated heterocycles. The number of hydrogen-bond donors (Lipinski definition) is 1. The molecule has 2 heterocycles. The third kappa shape index (κ3) is 2.23. The molecule has 5 heteroatoms. The van der Waals surface area contributed by atoms with Gasteiger partial charge in [-0.3, -0.25) is 9.78 Å². The van der Waals surface area contributed by atoms with Crippen molar-refractivity contribution in [1.29, 1.82) is 0 Å². The maximum Gasteiger partial charge on any atom is 0.323 e. The second kappa shape index (κ2) is 4.84. The molecular weight excluding hydrogens is 242 g/mol. The summed E-state index contributed by atoms with van der Waals surface area (Å²) in [5, 5.41) is 9.09. The smallest absolute Gasteiger partial charge is 0.323 e. The van der Waals surface area contributed by atoms with Gasteiger partial charge in [0.25, 0.3) is 0 Å². The van der Waals surface area contributed by atoms with Crippen molar-refractivity contribution in [3.8, 4) is 11.5 Å². The normalized spacial score (nSPS) is 14.1. The second-order valence-corrected chi connectivity index (χ2v) is 4.73. The van der Waals surface area contributed by atoms with Gasteiger partial charge in [0, 0.05) is 11.9 Å². The lowest BCUT2D eigenvalue weighted by Gasteiger charge is -2.13. The van der Waals surface area contributed by atoms with Gasteiger partial charge in [-0.05, 0) is 37.8 Å². The molecule has 0 aliphatic heterocycles. The zero-order chi connectivity index (χ0) is 13.2. The highest BCUT2D eigenvalue weighted by Gasteiger charge is 2.22. The van der Waals surface area contributed by atoms with Gasteiger partial charge in [0.2, 0.25) is 0 Å². The van der Waals surface area contributed by atoms with E-state index in [0.717, 1.165) is 42.8 Å². The predicted octanol–water partition coefficient (Wildman–Crippen LogP) is 1.91. The van der Waals surface area contributed by atoms with Crippen molar-refractivity contribution in [3.63, 3.8) is 0 Å². The lowest BCUT2D eigenvalue weighted by atomic mass is 10.0. The Morgan fingerprint density at radius 3 is 2.89 bits per heavy atom.